The van der Waals surface area contributed by atoms with Crippen LogP contribution < -0.4 is 5.32 Å². The molecule has 216 valence electrons. The summed E-state index contributed by atoms with van der Waals surface area (Å²) in [4.78, 5) is 27.0. The minimum absolute atomic E-state index is 0.139. The molecule has 0 unspecified atom stereocenters. The molecule has 1 amide bonds. The average molecular weight is 547 g/mol. The van der Waals surface area contributed by atoms with Crippen LogP contribution in [0.25, 0.3) is 6.08 Å². The van der Waals surface area contributed by atoms with Crippen molar-refractivity contribution in [2.75, 3.05) is 13.7 Å². The molecule has 0 radical (unpaired) electrons. The lowest BCUT2D eigenvalue weighted by Crippen LogP contribution is -2.45. The lowest BCUT2D eigenvalue weighted by Gasteiger charge is -2.38. The minimum Gasteiger partial charge on any atom is -0.465 e. The number of esters is 1. The SMILES string of the molecule is CC/C(=C\c1ccccc1)[C@@H]1C[C@H]1NC[C@H]1CC[C@H](N(Cc2ccc(C(=O)OC)cc2)C(=O)OC(C)(C)C)CC1. The molecular weight excluding hydrogens is 500 g/mol. The van der Waals surface area contributed by atoms with E-state index in [4.69, 9.17) is 9.47 Å². The van der Waals surface area contributed by atoms with Gasteiger partial charge in [0.2, 0.25) is 0 Å². The van der Waals surface area contributed by atoms with E-state index in [1.807, 2.05) is 37.8 Å². The highest BCUT2D eigenvalue weighted by Crippen LogP contribution is 2.40. The molecule has 40 heavy (non-hydrogen) atoms. The molecule has 0 aromatic heterocycles. The molecule has 0 spiro atoms. The zero-order chi connectivity index (χ0) is 28.7. The molecule has 0 heterocycles. The van der Waals surface area contributed by atoms with Crippen LogP contribution in [0.1, 0.15) is 87.7 Å². The van der Waals surface area contributed by atoms with Crippen LogP contribution in [0.3, 0.4) is 0 Å². The summed E-state index contributed by atoms with van der Waals surface area (Å²) in [5.41, 5.74) is 3.75. The van der Waals surface area contributed by atoms with Crippen molar-refractivity contribution < 1.29 is 19.1 Å². The third-order valence-corrected chi connectivity index (χ3v) is 8.11. The Morgan fingerprint density at radius 2 is 1.68 bits per heavy atom. The Balaban J connectivity index is 1.30. The first kappa shape index (κ1) is 29.9. The smallest absolute Gasteiger partial charge is 0.410 e. The molecule has 0 aliphatic heterocycles. The fourth-order valence-electron chi connectivity index (χ4n) is 5.77. The van der Waals surface area contributed by atoms with E-state index >= 15 is 0 Å². The van der Waals surface area contributed by atoms with E-state index in [1.165, 1.54) is 19.1 Å². The zero-order valence-electron chi connectivity index (χ0n) is 24.8. The largest absolute Gasteiger partial charge is 0.465 e. The molecule has 0 bridgehead atoms. The molecule has 6 nitrogen and oxygen atoms in total. The maximum atomic E-state index is 13.3. The van der Waals surface area contributed by atoms with Crippen molar-refractivity contribution in [1.82, 2.24) is 10.2 Å². The molecule has 2 saturated carbocycles. The van der Waals surface area contributed by atoms with E-state index in [9.17, 15) is 9.59 Å². The second-order valence-corrected chi connectivity index (χ2v) is 12.3. The summed E-state index contributed by atoms with van der Waals surface area (Å²) < 4.78 is 10.6. The van der Waals surface area contributed by atoms with Crippen LogP contribution in [0, 0.1) is 11.8 Å². The Kier molecular flexibility index (Phi) is 10.1. The predicted octanol–water partition coefficient (Wildman–Crippen LogP) is 7.24. The van der Waals surface area contributed by atoms with Gasteiger partial charge in [-0.2, -0.15) is 0 Å². The fourth-order valence-corrected chi connectivity index (χ4v) is 5.77. The van der Waals surface area contributed by atoms with Crippen LogP contribution >= 0.6 is 0 Å². The molecule has 1 N–H and O–H groups in total. The first-order valence-electron chi connectivity index (χ1n) is 14.8. The lowest BCUT2D eigenvalue weighted by molar-refractivity contribution is 0.00796. The Morgan fingerprint density at radius 3 is 2.27 bits per heavy atom. The number of nitrogens with zero attached hydrogens (tertiary/aromatic N) is 1. The van der Waals surface area contributed by atoms with E-state index in [2.05, 4.69) is 48.6 Å². The zero-order valence-corrected chi connectivity index (χ0v) is 24.8. The van der Waals surface area contributed by atoms with Crippen molar-refractivity contribution in [1.29, 1.82) is 0 Å². The Morgan fingerprint density at radius 1 is 1.00 bits per heavy atom. The number of methoxy groups -OCH3 is 1. The summed E-state index contributed by atoms with van der Waals surface area (Å²) >= 11 is 0. The molecular formula is C34H46N2O4. The second kappa shape index (κ2) is 13.5. The molecule has 2 aliphatic carbocycles. The topological polar surface area (TPSA) is 67.9 Å². The molecule has 0 saturated heterocycles. The molecule has 2 aromatic rings. The van der Waals surface area contributed by atoms with Crippen molar-refractivity contribution in [2.24, 2.45) is 11.8 Å². The van der Waals surface area contributed by atoms with Gasteiger partial charge in [-0.05, 0) is 101 Å². The number of ether oxygens (including phenoxy) is 2. The monoisotopic (exact) mass is 546 g/mol. The van der Waals surface area contributed by atoms with Gasteiger partial charge in [-0.3, -0.25) is 0 Å². The highest BCUT2D eigenvalue weighted by Gasteiger charge is 2.39. The van der Waals surface area contributed by atoms with Crippen molar-refractivity contribution in [3.8, 4) is 0 Å². The first-order chi connectivity index (χ1) is 19.2. The second-order valence-electron chi connectivity index (χ2n) is 12.3. The van der Waals surface area contributed by atoms with Gasteiger partial charge in [-0.25, -0.2) is 9.59 Å². The quantitative estimate of drug-likeness (QED) is 0.318. The van der Waals surface area contributed by atoms with Gasteiger partial charge in [0, 0.05) is 18.6 Å². The molecule has 2 atom stereocenters. The molecule has 2 fully saturated rings. The van der Waals surface area contributed by atoms with Gasteiger partial charge < -0.3 is 19.7 Å². The summed E-state index contributed by atoms with van der Waals surface area (Å²) in [6.45, 7) is 9.47. The van der Waals surface area contributed by atoms with E-state index in [0.717, 1.165) is 44.2 Å². The Hall–Kier alpha value is -3.12. The normalized spacial score (nSPS) is 22.9. The van der Waals surface area contributed by atoms with Crippen molar-refractivity contribution in [3.05, 3.63) is 76.9 Å². The van der Waals surface area contributed by atoms with Crippen molar-refractivity contribution in [2.45, 2.75) is 90.4 Å². The standard InChI is InChI=1S/C34H46N2O4/c1-6-27(20-24-10-8-7-9-11-24)30-21-31(30)35-22-25-14-18-29(19-15-25)36(33(38)40-34(2,3)4)23-26-12-16-28(17-13-26)32(37)39-5/h7-13,16-17,20,25,29-31,35H,6,14-15,18-19,21-23H2,1-5H3/b27-20+/t25-,29-,30-,31+/m0/s1. The minimum atomic E-state index is -0.557. The van der Waals surface area contributed by atoms with E-state index < -0.39 is 5.60 Å². The fraction of sp³-hybridized carbons (Fsp3) is 0.529. The van der Waals surface area contributed by atoms with Crippen molar-refractivity contribution in [3.63, 3.8) is 0 Å². The first-order valence-corrected chi connectivity index (χ1v) is 14.8. The number of carbonyl (C=O) groups is 2. The van der Waals surface area contributed by atoms with Crippen LogP contribution in [0.15, 0.2) is 60.2 Å². The van der Waals surface area contributed by atoms with E-state index in [0.29, 0.717) is 30.0 Å². The van der Waals surface area contributed by atoms with Crippen molar-refractivity contribution >= 4 is 18.1 Å². The number of hydrogen-bond donors (Lipinski definition) is 1. The maximum absolute atomic E-state index is 13.3. The van der Waals surface area contributed by atoms with E-state index in [-0.39, 0.29) is 18.1 Å². The summed E-state index contributed by atoms with van der Waals surface area (Å²) in [7, 11) is 1.38. The van der Waals surface area contributed by atoms with Gasteiger partial charge in [-0.1, -0.05) is 61.0 Å². The van der Waals surface area contributed by atoms with Gasteiger partial charge in [0.1, 0.15) is 5.60 Å². The number of benzene rings is 2. The molecule has 2 aromatic carbocycles. The summed E-state index contributed by atoms with van der Waals surface area (Å²) in [6, 6.07) is 18.6. The van der Waals surface area contributed by atoms with Crippen LogP contribution in [0.5, 0.6) is 0 Å². The third-order valence-electron chi connectivity index (χ3n) is 8.11. The number of amides is 1. The summed E-state index contributed by atoms with van der Waals surface area (Å²) in [5, 5.41) is 3.85. The Labute approximate surface area is 240 Å². The number of rotatable bonds is 10. The maximum Gasteiger partial charge on any atom is 0.410 e. The van der Waals surface area contributed by atoms with Gasteiger partial charge >= 0.3 is 12.1 Å². The molecule has 4 rings (SSSR count). The van der Waals surface area contributed by atoms with Crippen LogP contribution in [0.4, 0.5) is 4.79 Å². The molecule has 2 aliphatic rings. The average Bonchev–Trinajstić information content (AvgIpc) is 3.73. The van der Waals surface area contributed by atoms with E-state index in [1.54, 1.807) is 17.7 Å². The van der Waals surface area contributed by atoms with Crippen LogP contribution in [-0.2, 0) is 16.0 Å². The van der Waals surface area contributed by atoms with Gasteiger partial charge in [0.15, 0.2) is 0 Å². The van der Waals surface area contributed by atoms with Crippen LogP contribution in [-0.4, -0.2) is 48.3 Å². The van der Waals surface area contributed by atoms with Gasteiger partial charge in [0.25, 0.3) is 0 Å². The highest BCUT2D eigenvalue weighted by molar-refractivity contribution is 5.89. The number of carbonyl (C=O) groups excluding carboxylic acids is 2. The number of hydrogen-bond acceptors (Lipinski definition) is 5. The van der Waals surface area contributed by atoms with Gasteiger partial charge in [-0.15, -0.1) is 0 Å². The summed E-state index contributed by atoms with van der Waals surface area (Å²) in [6.07, 6.45) is 8.53. The summed E-state index contributed by atoms with van der Waals surface area (Å²) in [5.74, 6) is 0.911. The highest BCUT2D eigenvalue weighted by atomic mass is 16.6. The molecule has 6 heteroatoms. The van der Waals surface area contributed by atoms with Gasteiger partial charge in [0.05, 0.1) is 12.7 Å². The van der Waals surface area contributed by atoms with Crippen LogP contribution in [0.2, 0.25) is 0 Å². The lowest BCUT2D eigenvalue weighted by atomic mass is 9.85. The third kappa shape index (κ3) is 8.44. The predicted molar refractivity (Wildman–Crippen MR) is 160 cm³/mol. The Bertz CT molecular complexity index is 1140. The number of nitrogens with one attached hydrogen (secondary N) is 1.